The van der Waals surface area contributed by atoms with E-state index in [4.69, 9.17) is 35.4 Å². The molecule has 1 saturated heterocycles. The second-order valence-electron chi connectivity index (χ2n) is 10.6. The van der Waals surface area contributed by atoms with Crippen molar-refractivity contribution in [3.05, 3.63) is 0 Å². The molecule has 37 heavy (non-hydrogen) atoms. The Morgan fingerprint density at radius 3 is 2.08 bits per heavy atom. The Hall–Kier alpha value is -1.63. The van der Waals surface area contributed by atoms with Crippen LogP contribution in [0.3, 0.4) is 0 Å². The summed E-state index contributed by atoms with van der Waals surface area (Å²) < 4.78 is 9.62. The zero-order valence-electron chi connectivity index (χ0n) is 22.6. The van der Waals surface area contributed by atoms with E-state index in [-0.39, 0.29) is 43.6 Å². The fourth-order valence-electron chi connectivity index (χ4n) is 3.88. The van der Waals surface area contributed by atoms with Crippen molar-refractivity contribution in [2.75, 3.05) is 39.6 Å². The quantitative estimate of drug-likeness (QED) is 0.110. The number of hydrogen-bond donors (Lipinski definition) is 6. The van der Waals surface area contributed by atoms with Crippen molar-refractivity contribution in [2.45, 2.75) is 84.7 Å². The maximum atomic E-state index is 11.5. The minimum absolute atomic E-state index is 0.151. The van der Waals surface area contributed by atoms with E-state index in [1.54, 1.807) is 0 Å². The van der Waals surface area contributed by atoms with Crippen LogP contribution >= 0.6 is 0 Å². The van der Waals surface area contributed by atoms with E-state index in [1.165, 1.54) is 0 Å². The van der Waals surface area contributed by atoms with Crippen molar-refractivity contribution in [1.82, 2.24) is 0 Å². The van der Waals surface area contributed by atoms with Gasteiger partial charge in [-0.05, 0) is 32.1 Å². The Kier molecular flexibility index (Phi) is 17.8. The fourth-order valence-corrected chi connectivity index (χ4v) is 3.88. The van der Waals surface area contributed by atoms with Crippen molar-refractivity contribution in [1.29, 1.82) is 0 Å². The normalized spacial score (nSPS) is 21.0. The Morgan fingerprint density at radius 2 is 1.62 bits per heavy atom. The summed E-state index contributed by atoms with van der Waals surface area (Å²) >= 11 is 0. The van der Waals surface area contributed by atoms with Gasteiger partial charge in [0.1, 0.15) is 12.7 Å². The third kappa shape index (κ3) is 12.6. The van der Waals surface area contributed by atoms with Crippen LogP contribution in [0.1, 0.15) is 78.6 Å². The molecule has 0 aromatic rings. The molecule has 2 unspecified atom stereocenters. The molecular weight excluding hydrogens is 488 g/mol. The molecule has 1 aliphatic heterocycles. The SMILES string of the molecule is CC(C)CCCCCC(=O)OCC(CO)(CO)CO.CC12CCCCC1C(=O)OC2=O.OCC(O)CO. The van der Waals surface area contributed by atoms with Crippen molar-refractivity contribution < 1.29 is 54.5 Å². The van der Waals surface area contributed by atoms with Gasteiger partial charge in [-0.2, -0.15) is 0 Å². The highest BCUT2D eigenvalue weighted by molar-refractivity contribution is 5.99. The van der Waals surface area contributed by atoms with Crippen molar-refractivity contribution >= 4 is 17.9 Å². The molecule has 6 N–H and O–H groups in total. The van der Waals surface area contributed by atoms with Crippen molar-refractivity contribution in [3.8, 4) is 0 Å². The molecule has 1 saturated carbocycles. The third-order valence-corrected chi connectivity index (χ3v) is 6.78. The van der Waals surface area contributed by atoms with Crippen LogP contribution in [0.15, 0.2) is 0 Å². The Balaban J connectivity index is 0.000000605. The smallest absolute Gasteiger partial charge is 0.320 e. The lowest BCUT2D eigenvalue weighted by atomic mass is 9.69. The largest absolute Gasteiger partial charge is 0.465 e. The summed E-state index contributed by atoms with van der Waals surface area (Å²) in [5, 5.41) is 51.2. The van der Waals surface area contributed by atoms with Crippen LogP contribution < -0.4 is 0 Å². The van der Waals surface area contributed by atoms with Gasteiger partial charge in [-0.1, -0.05) is 46.0 Å². The molecule has 2 fully saturated rings. The lowest BCUT2D eigenvalue weighted by Crippen LogP contribution is -2.39. The highest BCUT2D eigenvalue weighted by Crippen LogP contribution is 2.46. The average molecular weight is 537 g/mol. The number of carbonyl (C=O) groups is 3. The molecule has 11 heteroatoms. The standard InChI is InChI=1S/C14H28O5.C9H12O3.C3H8O3/c1-12(2)6-4-3-5-7-13(18)19-11-14(8-15,9-16)10-17;1-9-5-3-2-4-6(9)7(10)12-8(9)11;4-1-3(6)2-5/h12,15-17H,3-11H2,1-2H3;6H,2-5H2,1H3;3-6H,1-2H2. The number of esters is 3. The Morgan fingerprint density at radius 1 is 1.03 bits per heavy atom. The molecule has 2 aliphatic rings. The topological polar surface area (TPSA) is 191 Å². The maximum Gasteiger partial charge on any atom is 0.320 e. The van der Waals surface area contributed by atoms with Crippen molar-refractivity contribution in [2.24, 2.45) is 22.7 Å². The first-order valence-electron chi connectivity index (χ1n) is 13.1. The van der Waals surface area contributed by atoms with Gasteiger partial charge in [-0.3, -0.25) is 14.4 Å². The zero-order chi connectivity index (χ0) is 28.5. The van der Waals surface area contributed by atoms with Gasteiger partial charge in [0.05, 0.1) is 49.8 Å². The maximum absolute atomic E-state index is 11.5. The van der Waals surface area contributed by atoms with Gasteiger partial charge in [-0.25, -0.2) is 0 Å². The van der Waals surface area contributed by atoms with Crippen LogP contribution in [-0.2, 0) is 23.9 Å². The number of carbonyl (C=O) groups excluding carboxylic acids is 3. The molecule has 218 valence electrons. The molecular formula is C26H48O11. The first-order chi connectivity index (χ1) is 17.4. The summed E-state index contributed by atoms with van der Waals surface area (Å²) in [5.74, 6) is -0.423. The Labute approximate surface area is 219 Å². The number of aliphatic hydroxyl groups is 6. The summed E-state index contributed by atoms with van der Waals surface area (Å²) in [6.07, 6.45) is 7.16. The summed E-state index contributed by atoms with van der Waals surface area (Å²) in [6, 6.07) is 0. The van der Waals surface area contributed by atoms with E-state index < -0.39 is 36.8 Å². The van der Waals surface area contributed by atoms with Gasteiger partial charge in [0.2, 0.25) is 0 Å². The van der Waals surface area contributed by atoms with Gasteiger partial charge < -0.3 is 40.1 Å². The number of aliphatic hydroxyl groups excluding tert-OH is 6. The molecule has 2 rings (SSSR count). The van der Waals surface area contributed by atoms with Gasteiger partial charge >= 0.3 is 17.9 Å². The molecule has 0 spiro atoms. The summed E-state index contributed by atoms with van der Waals surface area (Å²) in [6.45, 7) is 4.07. The molecule has 0 radical (unpaired) electrons. The predicted octanol–water partition coefficient (Wildman–Crippen LogP) is 0.698. The summed E-state index contributed by atoms with van der Waals surface area (Å²) in [7, 11) is 0. The molecule has 11 nitrogen and oxygen atoms in total. The Bertz CT molecular complexity index is 651. The fraction of sp³-hybridized carbons (Fsp3) is 0.885. The van der Waals surface area contributed by atoms with E-state index in [1.807, 2.05) is 6.92 Å². The minimum atomic E-state index is -1.13. The lowest BCUT2D eigenvalue weighted by molar-refractivity contribution is -0.155. The van der Waals surface area contributed by atoms with Crippen LogP contribution in [0.25, 0.3) is 0 Å². The van der Waals surface area contributed by atoms with E-state index in [9.17, 15) is 14.4 Å². The average Bonchev–Trinajstić information content (AvgIpc) is 3.12. The number of unbranched alkanes of at least 4 members (excludes halogenated alkanes) is 2. The molecule has 0 aromatic heterocycles. The molecule has 0 amide bonds. The number of rotatable bonds is 13. The van der Waals surface area contributed by atoms with Gasteiger partial charge in [0, 0.05) is 6.42 Å². The monoisotopic (exact) mass is 536 g/mol. The molecule has 1 aliphatic carbocycles. The van der Waals surface area contributed by atoms with Crippen LogP contribution in [0, 0.1) is 22.7 Å². The van der Waals surface area contributed by atoms with Crippen LogP contribution in [-0.4, -0.2) is 94.3 Å². The molecule has 0 aromatic carbocycles. The lowest BCUT2D eigenvalue weighted by Gasteiger charge is -2.29. The summed E-state index contributed by atoms with van der Waals surface area (Å²) in [5.41, 5.74) is -1.62. The molecule has 1 heterocycles. The highest BCUT2D eigenvalue weighted by atomic mass is 16.6. The molecule has 0 bridgehead atoms. The van der Waals surface area contributed by atoms with Gasteiger partial charge in [0.25, 0.3) is 0 Å². The van der Waals surface area contributed by atoms with E-state index >= 15 is 0 Å². The van der Waals surface area contributed by atoms with E-state index in [2.05, 4.69) is 18.6 Å². The number of hydrogen-bond acceptors (Lipinski definition) is 11. The van der Waals surface area contributed by atoms with Crippen LogP contribution in [0.2, 0.25) is 0 Å². The number of ether oxygens (including phenoxy) is 2. The van der Waals surface area contributed by atoms with E-state index in [0.717, 1.165) is 51.4 Å². The second-order valence-corrected chi connectivity index (χ2v) is 10.6. The number of fused-ring (bicyclic) bond motifs is 1. The highest BCUT2D eigenvalue weighted by Gasteiger charge is 2.54. The van der Waals surface area contributed by atoms with E-state index in [0.29, 0.717) is 12.3 Å². The number of cyclic esters (lactones) is 2. The third-order valence-electron chi connectivity index (χ3n) is 6.78. The van der Waals surface area contributed by atoms with Crippen LogP contribution in [0.4, 0.5) is 0 Å². The van der Waals surface area contributed by atoms with Crippen LogP contribution in [0.5, 0.6) is 0 Å². The first kappa shape index (κ1) is 35.4. The first-order valence-corrected chi connectivity index (χ1v) is 13.1. The second kappa shape index (κ2) is 18.6. The zero-order valence-corrected chi connectivity index (χ0v) is 22.6. The van der Waals surface area contributed by atoms with Gasteiger partial charge in [0.15, 0.2) is 0 Å². The summed E-state index contributed by atoms with van der Waals surface area (Å²) in [4.78, 5) is 33.9. The van der Waals surface area contributed by atoms with Crippen molar-refractivity contribution in [3.63, 3.8) is 0 Å². The minimum Gasteiger partial charge on any atom is -0.465 e. The molecule has 2 atom stereocenters. The van der Waals surface area contributed by atoms with Gasteiger partial charge in [-0.15, -0.1) is 0 Å². The predicted molar refractivity (Wildman–Crippen MR) is 134 cm³/mol.